The van der Waals surface area contributed by atoms with Gasteiger partial charge in [0.05, 0.1) is 18.4 Å². The summed E-state index contributed by atoms with van der Waals surface area (Å²) in [4.78, 5) is 21.2. The van der Waals surface area contributed by atoms with E-state index in [9.17, 15) is 4.79 Å². The molecule has 0 aliphatic carbocycles. The molecular weight excluding hydrogens is 326 g/mol. The Bertz CT molecular complexity index is 878. The number of amides is 1. The maximum Gasteiger partial charge on any atom is 0.254 e. The lowest BCUT2D eigenvalue weighted by Gasteiger charge is -2.09. The standard InChI is InChI=1S/C21H21N3O2/c1-15-19(14-23-20(24-15)17-6-4-3-5-7-17)21(25)22-13-12-16-8-10-18(26-2)11-9-16/h3-11,14H,12-13H2,1-2H3,(H,22,25). The summed E-state index contributed by atoms with van der Waals surface area (Å²) in [5.74, 6) is 1.29. The SMILES string of the molecule is COc1ccc(CCNC(=O)c2cnc(-c3ccccc3)nc2C)cc1. The van der Waals surface area contributed by atoms with Crippen molar-refractivity contribution in [3.63, 3.8) is 0 Å². The number of rotatable bonds is 6. The molecule has 1 aromatic heterocycles. The predicted octanol–water partition coefficient (Wildman–Crippen LogP) is 3.43. The Kier molecular flexibility index (Phi) is 5.59. The molecule has 0 bridgehead atoms. The Morgan fingerprint density at radius 3 is 2.46 bits per heavy atom. The molecule has 1 N–H and O–H groups in total. The van der Waals surface area contributed by atoms with Crippen molar-refractivity contribution in [2.75, 3.05) is 13.7 Å². The summed E-state index contributed by atoms with van der Waals surface area (Å²) in [6.45, 7) is 2.37. The monoisotopic (exact) mass is 347 g/mol. The zero-order valence-corrected chi connectivity index (χ0v) is 14.9. The molecule has 0 atom stereocenters. The molecular formula is C21H21N3O2. The van der Waals surface area contributed by atoms with Gasteiger partial charge >= 0.3 is 0 Å². The average Bonchev–Trinajstić information content (AvgIpc) is 2.69. The van der Waals surface area contributed by atoms with Crippen molar-refractivity contribution >= 4 is 5.91 Å². The van der Waals surface area contributed by atoms with Crippen LogP contribution in [-0.4, -0.2) is 29.5 Å². The smallest absolute Gasteiger partial charge is 0.254 e. The van der Waals surface area contributed by atoms with Crippen molar-refractivity contribution in [1.82, 2.24) is 15.3 Å². The highest BCUT2D eigenvalue weighted by Crippen LogP contribution is 2.16. The van der Waals surface area contributed by atoms with Crippen LogP contribution in [0.5, 0.6) is 5.75 Å². The number of aromatic nitrogens is 2. The number of hydrogen-bond acceptors (Lipinski definition) is 4. The first-order chi connectivity index (χ1) is 12.7. The molecule has 0 aliphatic rings. The zero-order valence-electron chi connectivity index (χ0n) is 14.9. The van der Waals surface area contributed by atoms with Crippen LogP contribution in [0, 0.1) is 6.92 Å². The van der Waals surface area contributed by atoms with Crippen LogP contribution in [0.1, 0.15) is 21.6 Å². The lowest BCUT2D eigenvalue weighted by Crippen LogP contribution is -2.27. The third kappa shape index (κ3) is 4.25. The zero-order chi connectivity index (χ0) is 18.4. The Balaban J connectivity index is 1.60. The Morgan fingerprint density at radius 1 is 1.08 bits per heavy atom. The van der Waals surface area contributed by atoms with Crippen molar-refractivity contribution in [1.29, 1.82) is 0 Å². The first-order valence-corrected chi connectivity index (χ1v) is 8.47. The van der Waals surface area contributed by atoms with Gasteiger partial charge in [0.25, 0.3) is 5.91 Å². The van der Waals surface area contributed by atoms with Crippen molar-refractivity contribution < 1.29 is 9.53 Å². The normalized spacial score (nSPS) is 10.4. The second-order valence-corrected chi connectivity index (χ2v) is 5.91. The lowest BCUT2D eigenvalue weighted by molar-refractivity contribution is 0.0952. The molecule has 0 unspecified atom stereocenters. The van der Waals surface area contributed by atoms with Crippen molar-refractivity contribution in [2.24, 2.45) is 0 Å². The number of methoxy groups -OCH3 is 1. The molecule has 26 heavy (non-hydrogen) atoms. The Hall–Kier alpha value is -3.21. The molecule has 5 nitrogen and oxygen atoms in total. The molecule has 0 spiro atoms. The molecule has 0 aliphatic heterocycles. The van der Waals surface area contributed by atoms with Crippen LogP contribution >= 0.6 is 0 Å². The molecule has 0 radical (unpaired) electrons. The van der Waals surface area contributed by atoms with E-state index in [0.29, 0.717) is 23.6 Å². The summed E-state index contributed by atoms with van der Waals surface area (Å²) in [5, 5.41) is 2.93. The van der Waals surface area contributed by atoms with Gasteiger partial charge in [-0.2, -0.15) is 0 Å². The molecule has 2 aromatic carbocycles. The van der Waals surface area contributed by atoms with E-state index >= 15 is 0 Å². The van der Waals surface area contributed by atoms with E-state index < -0.39 is 0 Å². The molecule has 5 heteroatoms. The number of hydrogen-bond donors (Lipinski definition) is 1. The number of carbonyl (C=O) groups is 1. The van der Waals surface area contributed by atoms with Crippen LogP contribution in [0.3, 0.4) is 0 Å². The summed E-state index contributed by atoms with van der Waals surface area (Å²) in [6, 6.07) is 17.5. The number of aryl methyl sites for hydroxylation is 1. The molecule has 0 saturated carbocycles. The van der Waals surface area contributed by atoms with Crippen LogP contribution in [0.4, 0.5) is 0 Å². The largest absolute Gasteiger partial charge is 0.497 e. The van der Waals surface area contributed by atoms with E-state index in [-0.39, 0.29) is 5.91 Å². The van der Waals surface area contributed by atoms with Gasteiger partial charge in [0.2, 0.25) is 0 Å². The minimum absolute atomic E-state index is 0.157. The molecule has 3 rings (SSSR count). The van der Waals surface area contributed by atoms with Crippen LogP contribution in [0.15, 0.2) is 60.8 Å². The third-order valence-electron chi connectivity index (χ3n) is 4.11. The molecule has 1 heterocycles. The Labute approximate surface area is 153 Å². The molecule has 3 aromatic rings. The average molecular weight is 347 g/mol. The van der Waals surface area contributed by atoms with E-state index in [4.69, 9.17) is 4.74 Å². The van der Waals surface area contributed by atoms with Crippen molar-refractivity contribution in [3.8, 4) is 17.1 Å². The van der Waals surface area contributed by atoms with E-state index in [2.05, 4.69) is 15.3 Å². The number of carbonyl (C=O) groups excluding carboxylic acids is 1. The molecule has 132 valence electrons. The second kappa shape index (κ2) is 8.25. The van der Waals surface area contributed by atoms with Crippen LogP contribution in [-0.2, 0) is 6.42 Å². The number of ether oxygens (including phenoxy) is 1. The number of nitrogens with zero attached hydrogens (tertiary/aromatic N) is 2. The minimum atomic E-state index is -0.157. The summed E-state index contributed by atoms with van der Waals surface area (Å²) in [5.41, 5.74) is 3.24. The molecule has 0 fully saturated rings. The maximum absolute atomic E-state index is 12.4. The third-order valence-corrected chi connectivity index (χ3v) is 4.11. The van der Waals surface area contributed by atoms with Gasteiger partial charge in [-0.05, 0) is 31.0 Å². The highest BCUT2D eigenvalue weighted by Gasteiger charge is 2.12. The lowest BCUT2D eigenvalue weighted by atomic mass is 10.1. The van der Waals surface area contributed by atoms with Crippen LogP contribution in [0.2, 0.25) is 0 Å². The summed E-state index contributed by atoms with van der Waals surface area (Å²) < 4.78 is 5.14. The number of benzene rings is 2. The first kappa shape index (κ1) is 17.6. The van der Waals surface area contributed by atoms with Gasteiger partial charge in [-0.25, -0.2) is 9.97 Å². The highest BCUT2D eigenvalue weighted by atomic mass is 16.5. The molecule has 0 saturated heterocycles. The van der Waals surface area contributed by atoms with Gasteiger partial charge in [-0.1, -0.05) is 42.5 Å². The maximum atomic E-state index is 12.4. The van der Waals surface area contributed by atoms with Gasteiger partial charge in [0, 0.05) is 18.3 Å². The minimum Gasteiger partial charge on any atom is -0.497 e. The van der Waals surface area contributed by atoms with Crippen LogP contribution < -0.4 is 10.1 Å². The van der Waals surface area contributed by atoms with Crippen molar-refractivity contribution in [3.05, 3.63) is 77.6 Å². The predicted molar refractivity (Wildman–Crippen MR) is 101 cm³/mol. The van der Waals surface area contributed by atoms with Gasteiger partial charge in [-0.3, -0.25) is 4.79 Å². The fraction of sp³-hybridized carbons (Fsp3) is 0.190. The molecule has 1 amide bonds. The fourth-order valence-corrected chi connectivity index (χ4v) is 2.62. The van der Waals surface area contributed by atoms with Gasteiger partial charge in [-0.15, -0.1) is 0 Å². The quantitative estimate of drug-likeness (QED) is 0.742. The Morgan fingerprint density at radius 2 is 1.81 bits per heavy atom. The van der Waals surface area contributed by atoms with Crippen molar-refractivity contribution in [2.45, 2.75) is 13.3 Å². The highest BCUT2D eigenvalue weighted by molar-refractivity contribution is 5.95. The van der Waals surface area contributed by atoms with Gasteiger partial charge in [0.15, 0.2) is 5.82 Å². The summed E-state index contributed by atoms with van der Waals surface area (Å²) in [6.07, 6.45) is 2.34. The van der Waals surface area contributed by atoms with E-state index in [1.54, 1.807) is 13.3 Å². The second-order valence-electron chi connectivity index (χ2n) is 5.91. The summed E-state index contributed by atoms with van der Waals surface area (Å²) >= 11 is 0. The van der Waals surface area contributed by atoms with Crippen LogP contribution in [0.25, 0.3) is 11.4 Å². The van der Waals surface area contributed by atoms with Gasteiger partial charge < -0.3 is 10.1 Å². The number of nitrogens with one attached hydrogen (secondary N) is 1. The summed E-state index contributed by atoms with van der Waals surface area (Å²) in [7, 11) is 1.64. The van der Waals surface area contributed by atoms with E-state index in [1.807, 2.05) is 61.5 Å². The van der Waals surface area contributed by atoms with E-state index in [1.165, 1.54) is 0 Å². The van der Waals surface area contributed by atoms with Gasteiger partial charge in [0.1, 0.15) is 5.75 Å². The topological polar surface area (TPSA) is 64.1 Å². The fourth-order valence-electron chi connectivity index (χ4n) is 2.62. The first-order valence-electron chi connectivity index (χ1n) is 8.47. The van der Waals surface area contributed by atoms with E-state index in [0.717, 1.165) is 23.3 Å².